The van der Waals surface area contributed by atoms with Crippen LogP contribution in [0.5, 0.6) is 11.5 Å². The van der Waals surface area contributed by atoms with Crippen LogP contribution in [0, 0.1) is 0 Å². The van der Waals surface area contributed by atoms with Gasteiger partial charge < -0.3 is 19.7 Å². The number of hydrogen-bond acceptors (Lipinski definition) is 4. The Hall–Kier alpha value is -1.75. The van der Waals surface area contributed by atoms with Gasteiger partial charge in [0.2, 0.25) is 0 Å². The molecule has 110 valence electrons. The lowest BCUT2D eigenvalue weighted by atomic mass is 10.0. The van der Waals surface area contributed by atoms with E-state index in [0.29, 0.717) is 18.1 Å². The maximum absolute atomic E-state index is 11.0. The van der Waals surface area contributed by atoms with Gasteiger partial charge in [0.25, 0.3) is 0 Å². The smallest absolute Gasteiger partial charge is 0.335 e. The number of hydrogen-bond donors (Lipinski definition) is 2. The standard InChI is InChI=1S/C15H20O5/c1-2-19-13-9-11(14(16)17)5-6-12(13)20-10-15(18)7-3-4-8-15/h5-6,9,18H,2-4,7-8,10H2,1H3,(H,16,17). The maximum Gasteiger partial charge on any atom is 0.335 e. The number of ether oxygens (including phenoxy) is 2. The highest BCUT2D eigenvalue weighted by molar-refractivity contribution is 5.88. The highest BCUT2D eigenvalue weighted by atomic mass is 16.5. The van der Waals surface area contributed by atoms with Gasteiger partial charge in [-0.25, -0.2) is 4.79 Å². The third-order valence-electron chi connectivity index (χ3n) is 3.52. The normalized spacial score (nSPS) is 16.9. The van der Waals surface area contributed by atoms with Crippen molar-refractivity contribution in [2.45, 2.75) is 38.2 Å². The van der Waals surface area contributed by atoms with Crippen LogP contribution >= 0.6 is 0 Å². The van der Waals surface area contributed by atoms with Crippen LogP contribution in [0.2, 0.25) is 0 Å². The van der Waals surface area contributed by atoms with Gasteiger partial charge in [-0.05, 0) is 38.0 Å². The number of carbonyl (C=O) groups is 1. The molecule has 5 nitrogen and oxygen atoms in total. The van der Waals surface area contributed by atoms with Crippen molar-refractivity contribution in [3.8, 4) is 11.5 Å². The van der Waals surface area contributed by atoms with Crippen molar-refractivity contribution in [3.63, 3.8) is 0 Å². The minimum absolute atomic E-state index is 0.153. The molecule has 1 aromatic carbocycles. The first-order valence-corrected chi connectivity index (χ1v) is 6.89. The average molecular weight is 280 g/mol. The zero-order valence-electron chi connectivity index (χ0n) is 11.6. The molecule has 1 aromatic rings. The molecule has 2 N–H and O–H groups in total. The van der Waals surface area contributed by atoms with Gasteiger partial charge in [-0.2, -0.15) is 0 Å². The fraction of sp³-hybridized carbons (Fsp3) is 0.533. The number of carboxylic acids is 1. The molecule has 1 aliphatic carbocycles. The molecule has 5 heteroatoms. The molecule has 1 aliphatic rings. The molecule has 0 unspecified atom stereocenters. The van der Waals surface area contributed by atoms with Crippen LogP contribution in [0.15, 0.2) is 18.2 Å². The minimum atomic E-state index is -1.01. The van der Waals surface area contributed by atoms with Crippen molar-refractivity contribution in [1.29, 1.82) is 0 Å². The average Bonchev–Trinajstić information content (AvgIpc) is 2.85. The molecule has 0 radical (unpaired) electrons. The van der Waals surface area contributed by atoms with Crippen LogP contribution in [0.4, 0.5) is 0 Å². The number of benzene rings is 1. The molecule has 0 heterocycles. The van der Waals surface area contributed by atoms with Gasteiger partial charge in [-0.1, -0.05) is 12.8 Å². The fourth-order valence-electron chi connectivity index (χ4n) is 2.42. The minimum Gasteiger partial charge on any atom is -0.490 e. The van der Waals surface area contributed by atoms with Crippen LogP contribution in [-0.2, 0) is 0 Å². The Morgan fingerprint density at radius 1 is 1.25 bits per heavy atom. The fourth-order valence-corrected chi connectivity index (χ4v) is 2.42. The van der Waals surface area contributed by atoms with E-state index in [-0.39, 0.29) is 12.2 Å². The van der Waals surface area contributed by atoms with Gasteiger partial charge in [0.05, 0.1) is 17.8 Å². The number of aromatic carboxylic acids is 1. The van der Waals surface area contributed by atoms with Gasteiger partial charge >= 0.3 is 5.97 Å². The van der Waals surface area contributed by atoms with Crippen molar-refractivity contribution >= 4 is 5.97 Å². The second-order valence-electron chi connectivity index (χ2n) is 5.12. The molecule has 0 spiro atoms. The van der Waals surface area contributed by atoms with Crippen LogP contribution in [0.1, 0.15) is 43.0 Å². The molecule has 0 atom stereocenters. The van der Waals surface area contributed by atoms with E-state index < -0.39 is 11.6 Å². The first-order valence-electron chi connectivity index (χ1n) is 6.89. The second-order valence-corrected chi connectivity index (χ2v) is 5.12. The summed E-state index contributed by atoms with van der Waals surface area (Å²) < 4.78 is 11.0. The Kier molecular flexibility index (Phi) is 4.49. The summed E-state index contributed by atoms with van der Waals surface area (Å²) in [5.41, 5.74) is -0.616. The quantitative estimate of drug-likeness (QED) is 0.837. The molecule has 0 amide bonds. The first-order chi connectivity index (χ1) is 9.54. The lowest BCUT2D eigenvalue weighted by molar-refractivity contribution is 0.000583. The van der Waals surface area contributed by atoms with Crippen LogP contribution in [0.3, 0.4) is 0 Å². The molecular weight excluding hydrogens is 260 g/mol. The highest BCUT2D eigenvalue weighted by Gasteiger charge is 2.32. The summed E-state index contributed by atoms with van der Waals surface area (Å²) in [6, 6.07) is 4.49. The van der Waals surface area contributed by atoms with E-state index >= 15 is 0 Å². The largest absolute Gasteiger partial charge is 0.490 e. The van der Waals surface area contributed by atoms with Gasteiger partial charge in [-0.3, -0.25) is 0 Å². The van der Waals surface area contributed by atoms with E-state index in [4.69, 9.17) is 14.6 Å². The summed E-state index contributed by atoms with van der Waals surface area (Å²) >= 11 is 0. The van der Waals surface area contributed by atoms with Gasteiger partial charge in [0, 0.05) is 0 Å². The molecular formula is C15H20O5. The van der Waals surface area contributed by atoms with Gasteiger partial charge in [0.15, 0.2) is 11.5 Å². The highest BCUT2D eigenvalue weighted by Crippen LogP contribution is 2.33. The summed E-state index contributed by atoms with van der Waals surface area (Å²) in [6.07, 6.45) is 3.50. The molecule has 20 heavy (non-hydrogen) atoms. The van der Waals surface area contributed by atoms with E-state index in [0.717, 1.165) is 25.7 Å². The van der Waals surface area contributed by atoms with Crippen LogP contribution < -0.4 is 9.47 Å². The Morgan fingerprint density at radius 2 is 1.95 bits per heavy atom. The Bertz CT molecular complexity index is 477. The maximum atomic E-state index is 11.0. The first kappa shape index (κ1) is 14.7. The van der Waals surface area contributed by atoms with E-state index in [1.807, 2.05) is 6.92 Å². The third-order valence-corrected chi connectivity index (χ3v) is 3.52. The van der Waals surface area contributed by atoms with Gasteiger partial charge in [0.1, 0.15) is 6.61 Å². The Balaban J connectivity index is 2.11. The zero-order valence-corrected chi connectivity index (χ0v) is 11.6. The molecule has 0 aromatic heterocycles. The number of carboxylic acid groups (broad SMARTS) is 1. The second kappa shape index (κ2) is 6.13. The van der Waals surface area contributed by atoms with Crippen molar-refractivity contribution in [1.82, 2.24) is 0 Å². The number of aliphatic hydroxyl groups is 1. The lowest BCUT2D eigenvalue weighted by Gasteiger charge is -2.23. The number of rotatable bonds is 6. The molecule has 1 saturated carbocycles. The van der Waals surface area contributed by atoms with Crippen molar-refractivity contribution < 1.29 is 24.5 Å². The van der Waals surface area contributed by atoms with Crippen molar-refractivity contribution in [3.05, 3.63) is 23.8 Å². The summed E-state index contributed by atoms with van der Waals surface area (Å²) in [5, 5.41) is 19.2. The molecule has 1 fully saturated rings. The predicted molar refractivity (Wildman–Crippen MR) is 73.5 cm³/mol. The summed E-state index contributed by atoms with van der Waals surface area (Å²) in [7, 11) is 0. The summed E-state index contributed by atoms with van der Waals surface area (Å²) in [5.74, 6) is -0.141. The summed E-state index contributed by atoms with van der Waals surface area (Å²) in [4.78, 5) is 11.0. The molecule has 0 bridgehead atoms. The molecule has 2 rings (SSSR count). The molecule has 0 saturated heterocycles. The van der Waals surface area contributed by atoms with Crippen molar-refractivity contribution in [2.24, 2.45) is 0 Å². The zero-order chi connectivity index (χ0) is 14.6. The monoisotopic (exact) mass is 280 g/mol. The SMILES string of the molecule is CCOc1cc(C(=O)O)ccc1OCC1(O)CCCC1. The van der Waals surface area contributed by atoms with E-state index in [2.05, 4.69) is 0 Å². The topological polar surface area (TPSA) is 76.0 Å². The van der Waals surface area contributed by atoms with Crippen LogP contribution in [-0.4, -0.2) is 35.0 Å². The molecule has 0 aliphatic heterocycles. The summed E-state index contributed by atoms with van der Waals surface area (Å²) in [6.45, 7) is 2.45. The lowest BCUT2D eigenvalue weighted by Crippen LogP contribution is -2.32. The van der Waals surface area contributed by atoms with Crippen LogP contribution in [0.25, 0.3) is 0 Å². The van der Waals surface area contributed by atoms with Crippen molar-refractivity contribution in [2.75, 3.05) is 13.2 Å². The van der Waals surface area contributed by atoms with Gasteiger partial charge in [-0.15, -0.1) is 0 Å². The Morgan fingerprint density at radius 3 is 2.55 bits per heavy atom. The predicted octanol–water partition coefficient (Wildman–Crippen LogP) is 2.47. The van der Waals surface area contributed by atoms with E-state index in [1.165, 1.54) is 12.1 Å². The Labute approximate surface area is 118 Å². The third kappa shape index (κ3) is 3.42. The van der Waals surface area contributed by atoms with E-state index in [9.17, 15) is 9.90 Å². The van der Waals surface area contributed by atoms with E-state index in [1.54, 1.807) is 6.07 Å².